The number of carbonyl (C=O) groups excluding carboxylic acids is 1. The quantitative estimate of drug-likeness (QED) is 0.745. The molecule has 0 fully saturated rings. The third kappa shape index (κ3) is 1.89. The molecule has 15 heavy (non-hydrogen) atoms. The van der Waals surface area contributed by atoms with Crippen LogP contribution in [0.5, 0.6) is 5.75 Å². The second-order valence-electron chi connectivity index (χ2n) is 3.87. The second-order valence-corrected chi connectivity index (χ2v) is 4.95. The van der Waals surface area contributed by atoms with Gasteiger partial charge in [0.1, 0.15) is 11.5 Å². The number of carbonyl (C=O) groups is 1. The maximum absolute atomic E-state index is 11.4. The largest absolute Gasteiger partial charge is 0.496 e. The Labute approximate surface area is 103 Å². The molecule has 1 aliphatic rings. The van der Waals surface area contributed by atoms with Crippen molar-refractivity contribution in [2.24, 2.45) is 0 Å². The number of ketones is 1. The van der Waals surface area contributed by atoms with Crippen LogP contribution in [-0.2, 0) is 17.6 Å². The number of hydrogen-bond acceptors (Lipinski definition) is 2. The van der Waals surface area contributed by atoms with Crippen LogP contribution >= 0.6 is 22.6 Å². The molecule has 0 saturated heterocycles. The molecular weight excluding hydrogens is 303 g/mol. The van der Waals surface area contributed by atoms with E-state index < -0.39 is 0 Å². The molecular formula is C12H13IO2. The van der Waals surface area contributed by atoms with E-state index in [1.807, 2.05) is 6.92 Å². The number of hydrogen-bond donors (Lipinski definition) is 0. The van der Waals surface area contributed by atoms with Crippen molar-refractivity contribution >= 4 is 28.4 Å². The summed E-state index contributed by atoms with van der Waals surface area (Å²) < 4.78 is 6.52. The number of ether oxygens (including phenoxy) is 1. The van der Waals surface area contributed by atoms with Gasteiger partial charge in [-0.3, -0.25) is 4.79 Å². The first-order valence-corrected chi connectivity index (χ1v) is 6.08. The van der Waals surface area contributed by atoms with Gasteiger partial charge in [0.2, 0.25) is 0 Å². The highest BCUT2D eigenvalue weighted by molar-refractivity contribution is 14.1. The van der Waals surface area contributed by atoms with Crippen LogP contribution in [-0.4, -0.2) is 12.9 Å². The Balaban J connectivity index is 2.57. The van der Waals surface area contributed by atoms with Gasteiger partial charge in [0.25, 0.3) is 0 Å². The van der Waals surface area contributed by atoms with Crippen LogP contribution in [0.2, 0.25) is 0 Å². The maximum Gasteiger partial charge on any atom is 0.137 e. The van der Waals surface area contributed by atoms with E-state index in [1.54, 1.807) is 7.11 Å². The van der Waals surface area contributed by atoms with Gasteiger partial charge < -0.3 is 4.74 Å². The van der Waals surface area contributed by atoms with Gasteiger partial charge in [-0.05, 0) is 53.1 Å². The summed E-state index contributed by atoms with van der Waals surface area (Å²) in [5.74, 6) is 1.29. The Morgan fingerprint density at radius 3 is 2.80 bits per heavy atom. The lowest BCUT2D eigenvalue weighted by Crippen LogP contribution is -2.15. The minimum absolute atomic E-state index is 0.352. The molecule has 0 amide bonds. The van der Waals surface area contributed by atoms with Crippen LogP contribution < -0.4 is 4.74 Å². The van der Waals surface area contributed by atoms with Gasteiger partial charge in [-0.25, -0.2) is 0 Å². The van der Waals surface area contributed by atoms with Crippen LogP contribution in [0, 0.1) is 10.5 Å². The van der Waals surface area contributed by atoms with Crippen molar-refractivity contribution in [1.29, 1.82) is 0 Å². The maximum atomic E-state index is 11.4. The van der Waals surface area contributed by atoms with Crippen LogP contribution in [0.25, 0.3) is 0 Å². The summed E-state index contributed by atoms with van der Waals surface area (Å²) in [5.41, 5.74) is 3.64. The summed E-state index contributed by atoms with van der Waals surface area (Å²) in [6.45, 7) is 2.04. The Kier molecular flexibility index (Phi) is 3.00. The van der Waals surface area contributed by atoms with E-state index in [0.717, 1.165) is 17.7 Å². The molecule has 1 aliphatic carbocycles. The first-order chi connectivity index (χ1) is 7.13. The van der Waals surface area contributed by atoms with Gasteiger partial charge in [-0.2, -0.15) is 0 Å². The Hall–Kier alpha value is -0.580. The average Bonchev–Trinajstić information content (AvgIpc) is 2.24. The molecule has 2 rings (SSSR count). The van der Waals surface area contributed by atoms with Gasteiger partial charge >= 0.3 is 0 Å². The van der Waals surface area contributed by atoms with E-state index in [9.17, 15) is 4.79 Å². The lowest BCUT2D eigenvalue weighted by Gasteiger charge is -2.20. The lowest BCUT2D eigenvalue weighted by atomic mass is 9.89. The fourth-order valence-corrected chi connectivity index (χ4v) is 2.82. The summed E-state index contributed by atoms with van der Waals surface area (Å²) in [5, 5.41) is 0. The number of Topliss-reactive ketones (excluding diaryl/α,β-unsaturated/α-hetero) is 1. The van der Waals surface area contributed by atoms with Crippen molar-refractivity contribution in [3.63, 3.8) is 0 Å². The first kappa shape index (κ1) is 10.9. The van der Waals surface area contributed by atoms with Gasteiger partial charge in [0.15, 0.2) is 0 Å². The molecule has 2 nitrogen and oxygen atoms in total. The zero-order valence-corrected chi connectivity index (χ0v) is 11.1. The Bertz CT molecular complexity index is 424. The van der Waals surface area contributed by atoms with Gasteiger partial charge in [0.05, 0.1) is 7.11 Å². The molecule has 3 heteroatoms. The van der Waals surface area contributed by atoms with E-state index >= 15 is 0 Å². The normalized spacial score (nSPS) is 15.0. The molecule has 0 N–H and O–H groups in total. The summed E-state index contributed by atoms with van der Waals surface area (Å²) in [6, 6.07) is 2.08. The Morgan fingerprint density at radius 1 is 1.40 bits per heavy atom. The van der Waals surface area contributed by atoms with Gasteiger partial charge in [-0.1, -0.05) is 0 Å². The molecule has 1 aromatic rings. The van der Waals surface area contributed by atoms with E-state index in [2.05, 4.69) is 28.7 Å². The molecule has 0 heterocycles. The molecule has 0 atom stereocenters. The number of halogens is 1. The topological polar surface area (TPSA) is 26.3 Å². The first-order valence-electron chi connectivity index (χ1n) is 5.00. The minimum atomic E-state index is 0.352. The van der Waals surface area contributed by atoms with Crippen molar-refractivity contribution < 1.29 is 9.53 Å². The zero-order chi connectivity index (χ0) is 11.0. The second kappa shape index (κ2) is 4.12. The van der Waals surface area contributed by atoms with Crippen molar-refractivity contribution in [2.45, 2.75) is 26.2 Å². The summed E-state index contributed by atoms with van der Waals surface area (Å²) in [4.78, 5) is 11.4. The van der Waals surface area contributed by atoms with Crippen LogP contribution in [0.4, 0.5) is 0 Å². The van der Waals surface area contributed by atoms with Gasteiger partial charge in [0, 0.05) is 22.0 Å². The third-order valence-electron chi connectivity index (χ3n) is 2.92. The van der Waals surface area contributed by atoms with Crippen molar-refractivity contribution in [2.75, 3.05) is 7.11 Å². The van der Waals surface area contributed by atoms with Crippen molar-refractivity contribution in [3.8, 4) is 5.75 Å². The zero-order valence-electron chi connectivity index (χ0n) is 8.89. The standard InChI is InChI=1S/C12H13IO2/c1-7-11(15-2)5-8-3-4-9(14)6-10(8)12(7)13/h5H,3-4,6H2,1-2H3. The molecule has 0 radical (unpaired) electrons. The highest BCUT2D eigenvalue weighted by Crippen LogP contribution is 2.32. The molecule has 0 spiro atoms. The molecule has 1 aromatic carbocycles. The SMILES string of the molecule is COc1cc2c(c(I)c1C)CC(=O)CC2. The predicted octanol–water partition coefficient (Wildman–Crippen LogP) is 2.67. The summed E-state index contributed by atoms with van der Waals surface area (Å²) in [7, 11) is 1.69. The summed E-state index contributed by atoms with van der Waals surface area (Å²) in [6.07, 6.45) is 2.13. The smallest absolute Gasteiger partial charge is 0.137 e. The minimum Gasteiger partial charge on any atom is -0.496 e. The number of rotatable bonds is 1. The van der Waals surface area contributed by atoms with Crippen molar-refractivity contribution in [1.82, 2.24) is 0 Å². The molecule has 0 unspecified atom stereocenters. The highest BCUT2D eigenvalue weighted by Gasteiger charge is 2.21. The van der Waals surface area contributed by atoms with E-state index in [1.165, 1.54) is 14.7 Å². The fraction of sp³-hybridized carbons (Fsp3) is 0.417. The lowest BCUT2D eigenvalue weighted by molar-refractivity contribution is -0.118. The van der Waals surface area contributed by atoms with E-state index in [0.29, 0.717) is 18.6 Å². The van der Waals surface area contributed by atoms with E-state index in [-0.39, 0.29) is 0 Å². The van der Waals surface area contributed by atoms with E-state index in [4.69, 9.17) is 4.74 Å². The van der Waals surface area contributed by atoms with Gasteiger partial charge in [-0.15, -0.1) is 0 Å². The third-order valence-corrected chi connectivity index (χ3v) is 4.38. The van der Waals surface area contributed by atoms with Crippen LogP contribution in [0.3, 0.4) is 0 Å². The average molecular weight is 316 g/mol. The number of aryl methyl sites for hydroxylation is 1. The fourth-order valence-electron chi connectivity index (χ4n) is 2.01. The predicted molar refractivity (Wildman–Crippen MR) is 67.5 cm³/mol. The van der Waals surface area contributed by atoms with Crippen molar-refractivity contribution in [3.05, 3.63) is 26.3 Å². The monoisotopic (exact) mass is 316 g/mol. The van der Waals surface area contributed by atoms with Crippen LogP contribution in [0.1, 0.15) is 23.1 Å². The number of methoxy groups -OCH3 is 1. The molecule has 0 bridgehead atoms. The number of benzene rings is 1. The van der Waals surface area contributed by atoms with Crippen LogP contribution in [0.15, 0.2) is 6.07 Å². The molecule has 80 valence electrons. The molecule has 0 aromatic heterocycles. The Morgan fingerprint density at radius 2 is 2.13 bits per heavy atom. The highest BCUT2D eigenvalue weighted by atomic mass is 127. The molecule has 0 aliphatic heterocycles. The molecule has 0 saturated carbocycles. The summed E-state index contributed by atoms with van der Waals surface area (Å²) >= 11 is 2.31. The number of fused-ring (bicyclic) bond motifs is 1.